The van der Waals surface area contributed by atoms with Gasteiger partial charge in [-0.1, -0.05) is 27.5 Å². The molecule has 0 atom stereocenters. The summed E-state index contributed by atoms with van der Waals surface area (Å²) in [4.78, 5) is 22.7. The van der Waals surface area contributed by atoms with E-state index in [0.29, 0.717) is 30.5 Å². The van der Waals surface area contributed by atoms with E-state index in [-0.39, 0.29) is 5.91 Å². The van der Waals surface area contributed by atoms with Crippen molar-refractivity contribution in [2.24, 2.45) is 0 Å². The van der Waals surface area contributed by atoms with E-state index in [1.807, 2.05) is 32.3 Å². The number of imidazole rings is 1. The van der Waals surface area contributed by atoms with E-state index >= 15 is 0 Å². The largest absolute Gasteiger partial charge is 0.335 e. The first-order valence-electron chi connectivity index (χ1n) is 8.33. The standard InChI is InChI=1S/C17H14BrClN6O/c18-10-3-4-12-11(6-10)17-21-14(8-23-5-1-2-15(23)26)22-25(17)7-13-16(19)20-9-24(12)13/h3-4,6,9H,1-2,5,7-8H2. The third kappa shape index (κ3) is 2.47. The Kier molecular flexibility index (Phi) is 3.65. The SMILES string of the molecule is O=C1CCCN1Cc1nc2n(n1)Cc1c(Cl)ncn1-c1ccc(Br)cc1-2. The summed E-state index contributed by atoms with van der Waals surface area (Å²) in [5, 5.41) is 5.11. The first kappa shape index (κ1) is 16.0. The fourth-order valence-corrected chi connectivity index (χ4v) is 4.10. The Morgan fingerprint density at radius 3 is 3.00 bits per heavy atom. The quantitative estimate of drug-likeness (QED) is 0.487. The van der Waals surface area contributed by atoms with Crippen LogP contribution in [0.5, 0.6) is 0 Å². The highest BCUT2D eigenvalue weighted by Crippen LogP contribution is 2.34. The summed E-state index contributed by atoms with van der Waals surface area (Å²) in [7, 11) is 0. The summed E-state index contributed by atoms with van der Waals surface area (Å²) in [6.45, 7) is 1.68. The molecule has 0 bridgehead atoms. The van der Waals surface area contributed by atoms with Gasteiger partial charge in [0, 0.05) is 23.0 Å². The molecule has 4 heterocycles. The maximum absolute atomic E-state index is 11.9. The van der Waals surface area contributed by atoms with Crippen molar-refractivity contribution >= 4 is 33.4 Å². The Hall–Kier alpha value is -2.19. The van der Waals surface area contributed by atoms with E-state index in [4.69, 9.17) is 16.6 Å². The first-order chi connectivity index (χ1) is 12.6. The topological polar surface area (TPSA) is 68.8 Å². The molecule has 0 aliphatic carbocycles. The Balaban J connectivity index is 1.64. The lowest BCUT2D eigenvalue weighted by Crippen LogP contribution is -2.24. The highest BCUT2D eigenvalue weighted by molar-refractivity contribution is 9.10. The maximum atomic E-state index is 11.9. The van der Waals surface area contributed by atoms with Crippen LogP contribution in [0.3, 0.4) is 0 Å². The van der Waals surface area contributed by atoms with E-state index < -0.39 is 0 Å². The van der Waals surface area contributed by atoms with Gasteiger partial charge in [-0.3, -0.25) is 9.36 Å². The van der Waals surface area contributed by atoms with Crippen molar-refractivity contribution in [2.75, 3.05) is 6.54 Å². The minimum absolute atomic E-state index is 0.166. The number of hydrogen-bond acceptors (Lipinski definition) is 4. The van der Waals surface area contributed by atoms with Crippen LogP contribution in [0, 0.1) is 0 Å². The molecule has 2 aromatic heterocycles. The lowest BCUT2D eigenvalue weighted by molar-refractivity contribution is -0.128. The van der Waals surface area contributed by atoms with E-state index in [1.165, 1.54) is 0 Å². The summed E-state index contributed by atoms with van der Waals surface area (Å²) in [5.74, 6) is 1.58. The highest BCUT2D eigenvalue weighted by atomic mass is 79.9. The number of rotatable bonds is 2. The molecule has 2 aliphatic rings. The van der Waals surface area contributed by atoms with Gasteiger partial charge in [0.2, 0.25) is 5.91 Å². The fraction of sp³-hybridized carbons (Fsp3) is 0.294. The van der Waals surface area contributed by atoms with Gasteiger partial charge in [-0.25, -0.2) is 14.6 Å². The van der Waals surface area contributed by atoms with Gasteiger partial charge in [0.05, 0.1) is 24.5 Å². The number of carbonyl (C=O) groups is 1. The third-order valence-corrected chi connectivity index (χ3v) is 5.60. The van der Waals surface area contributed by atoms with E-state index in [0.717, 1.165) is 40.2 Å². The molecule has 0 spiro atoms. The zero-order chi connectivity index (χ0) is 17.8. The van der Waals surface area contributed by atoms with Crippen LogP contribution in [0.1, 0.15) is 24.4 Å². The van der Waals surface area contributed by atoms with Gasteiger partial charge >= 0.3 is 0 Å². The van der Waals surface area contributed by atoms with Gasteiger partial charge in [-0.2, -0.15) is 5.10 Å². The van der Waals surface area contributed by atoms with Crippen LogP contribution in [0.4, 0.5) is 0 Å². The predicted molar refractivity (Wildman–Crippen MR) is 99.0 cm³/mol. The summed E-state index contributed by atoms with van der Waals surface area (Å²) in [5.41, 5.74) is 2.76. The molecule has 5 rings (SSSR count). The van der Waals surface area contributed by atoms with Gasteiger partial charge in [0.25, 0.3) is 0 Å². The predicted octanol–water partition coefficient (Wildman–Crippen LogP) is 3.03. The number of nitrogens with zero attached hydrogens (tertiary/aromatic N) is 6. The molecule has 7 nitrogen and oxygen atoms in total. The van der Waals surface area contributed by atoms with Crippen molar-refractivity contribution in [2.45, 2.75) is 25.9 Å². The summed E-state index contributed by atoms with van der Waals surface area (Å²) < 4.78 is 4.77. The van der Waals surface area contributed by atoms with Crippen molar-refractivity contribution in [1.29, 1.82) is 0 Å². The Bertz CT molecular complexity index is 1040. The normalized spacial score (nSPS) is 15.6. The third-order valence-electron chi connectivity index (χ3n) is 4.79. The monoisotopic (exact) mass is 432 g/mol. The summed E-state index contributed by atoms with van der Waals surface area (Å²) >= 11 is 9.84. The molecule has 132 valence electrons. The van der Waals surface area contributed by atoms with Crippen LogP contribution in [0.2, 0.25) is 5.15 Å². The molecule has 0 radical (unpaired) electrons. The number of hydrogen-bond donors (Lipinski definition) is 0. The Morgan fingerprint density at radius 2 is 2.19 bits per heavy atom. The molecule has 1 saturated heterocycles. The van der Waals surface area contributed by atoms with Crippen LogP contribution in [-0.2, 0) is 17.9 Å². The molecule has 0 unspecified atom stereocenters. The number of halogens is 2. The number of likely N-dealkylation sites (tertiary alicyclic amines) is 1. The van der Waals surface area contributed by atoms with Crippen LogP contribution in [0.15, 0.2) is 29.0 Å². The van der Waals surface area contributed by atoms with Crippen molar-refractivity contribution in [3.8, 4) is 17.1 Å². The van der Waals surface area contributed by atoms with Crippen LogP contribution < -0.4 is 0 Å². The Labute approximate surface area is 162 Å². The summed E-state index contributed by atoms with van der Waals surface area (Å²) in [6, 6.07) is 6.00. The molecular weight excluding hydrogens is 420 g/mol. The minimum atomic E-state index is 0.166. The number of carbonyl (C=O) groups excluding carboxylic acids is 1. The van der Waals surface area contributed by atoms with Gasteiger partial charge in [0.15, 0.2) is 16.8 Å². The second-order valence-corrected chi connectivity index (χ2v) is 7.72. The van der Waals surface area contributed by atoms with E-state index in [9.17, 15) is 4.79 Å². The van der Waals surface area contributed by atoms with Gasteiger partial charge in [0.1, 0.15) is 6.33 Å². The fourth-order valence-electron chi connectivity index (χ4n) is 3.55. The maximum Gasteiger partial charge on any atom is 0.223 e. The van der Waals surface area contributed by atoms with Crippen molar-refractivity contribution in [3.63, 3.8) is 0 Å². The second kappa shape index (κ2) is 5.92. The first-order valence-corrected chi connectivity index (χ1v) is 9.51. The zero-order valence-corrected chi connectivity index (χ0v) is 16.0. The molecule has 2 aliphatic heterocycles. The molecule has 9 heteroatoms. The molecule has 1 amide bonds. The second-order valence-electron chi connectivity index (χ2n) is 6.44. The smallest absolute Gasteiger partial charge is 0.223 e. The lowest BCUT2D eigenvalue weighted by Gasteiger charge is -2.12. The molecule has 26 heavy (non-hydrogen) atoms. The van der Waals surface area contributed by atoms with Crippen LogP contribution >= 0.6 is 27.5 Å². The molecule has 0 saturated carbocycles. The molecular formula is C17H14BrClN6O. The van der Waals surface area contributed by atoms with Crippen molar-refractivity contribution < 1.29 is 4.79 Å². The number of fused-ring (bicyclic) bond motifs is 5. The highest BCUT2D eigenvalue weighted by Gasteiger charge is 2.27. The molecule has 1 fully saturated rings. The number of aromatic nitrogens is 5. The number of benzene rings is 1. The molecule has 0 N–H and O–H groups in total. The van der Waals surface area contributed by atoms with Gasteiger partial charge in [-0.15, -0.1) is 0 Å². The number of amides is 1. The van der Waals surface area contributed by atoms with E-state index in [2.05, 4.69) is 26.0 Å². The lowest BCUT2D eigenvalue weighted by atomic mass is 10.1. The van der Waals surface area contributed by atoms with Gasteiger partial charge < -0.3 is 4.90 Å². The molecule has 3 aromatic rings. The average molecular weight is 434 g/mol. The van der Waals surface area contributed by atoms with Crippen molar-refractivity contribution in [1.82, 2.24) is 29.2 Å². The van der Waals surface area contributed by atoms with Crippen LogP contribution in [0.25, 0.3) is 17.1 Å². The zero-order valence-electron chi connectivity index (χ0n) is 13.7. The van der Waals surface area contributed by atoms with E-state index in [1.54, 1.807) is 6.33 Å². The van der Waals surface area contributed by atoms with Gasteiger partial charge in [-0.05, 0) is 24.6 Å². The summed E-state index contributed by atoms with van der Waals surface area (Å²) in [6.07, 6.45) is 3.23. The minimum Gasteiger partial charge on any atom is -0.335 e. The molecule has 1 aromatic carbocycles. The Morgan fingerprint density at radius 1 is 1.31 bits per heavy atom. The average Bonchev–Trinajstić information content (AvgIpc) is 3.28. The van der Waals surface area contributed by atoms with Crippen molar-refractivity contribution in [3.05, 3.63) is 45.7 Å². The van der Waals surface area contributed by atoms with Crippen LogP contribution in [-0.4, -0.2) is 41.7 Å².